The number of anilines is 4. The van der Waals surface area contributed by atoms with Gasteiger partial charge in [-0.15, -0.1) is 0 Å². The number of aryl methyl sites for hydroxylation is 1. The highest BCUT2D eigenvalue weighted by atomic mass is 32.1. The minimum absolute atomic E-state index is 0.323. The molecular formula is C22H19FN6OS. The van der Waals surface area contributed by atoms with E-state index in [0.717, 1.165) is 21.4 Å². The third-order valence-electron chi connectivity index (χ3n) is 4.38. The number of hydrogen-bond donors (Lipinski definition) is 3. The van der Waals surface area contributed by atoms with Gasteiger partial charge in [0.15, 0.2) is 5.13 Å². The summed E-state index contributed by atoms with van der Waals surface area (Å²) in [6.45, 7) is 1.94. The Kier molecular flexibility index (Phi) is 5.85. The Balaban J connectivity index is 1.50. The van der Waals surface area contributed by atoms with Crippen LogP contribution in [0.5, 0.6) is 0 Å². The average Bonchev–Trinajstić information content (AvgIpc) is 3.15. The third kappa shape index (κ3) is 4.84. The number of halogens is 1. The lowest BCUT2D eigenvalue weighted by molar-refractivity contribution is 0.102. The molecule has 0 unspecified atom stereocenters. The lowest BCUT2D eigenvalue weighted by Crippen LogP contribution is -2.11. The number of amides is 1. The van der Waals surface area contributed by atoms with Crippen molar-refractivity contribution in [3.8, 4) is 10.6 Å². The van der Waals surface area contributed by atoms with E-state index >= 15 is 0 Å². The van der Waals surface area contributed by atoms with Crippen LogP contribution in [-0.2, 0) is 0 Å². The van der Waals surface area contributed by atoms with Crippen molar-refractivity contribution in [3.05, 3.63) is 77.9 Å². The highest BCUT2D eigenvalue weighted by Crippen LogP contribution is 2.31. The van der Waals surface area contributed by atoms with Crippen LogP contribution < -0.4 is 16.0 Å². The molecule has 0 saturated carbocycles. The maximum Gasteiger partial charge on any atom is 0.255 e. The van der Waals surface area contributed by atoms with Gasteiger partial charge in [0.1, 0.15) is 5.82 Å². The molecule has 0 aliphatic heterocycles. The molecule has 9 heteroatoms. The van der Waals surface area contributed by atoms with E-state index in [4.69, 9.17) is 0 Å². The summed E-state index contributed by atoms with van der Waals surface area (Å²) in [6.07, 6.45) is 1.68. The molecule has 0 saturated heterocycles. The van der Waals surface area contributed by atoms with Crippen molar-refractivity contribution in [1.29, 1.82) is 0 Å². The van der Waals surface area contributed by atoms with Crippen molar-refractivity contribution in [3.63, 3.8) is 0 Å². The van der Waals surface area contributed by atoms with Crippen molar-refractivity contribution >= 4 is 39.7 Å². The number of carbonyl (C=O) groups excluding carboxylic acids is 1. The lowest BCUT2D eigenvalue weighted by Gasteiger charge is -2.09. The van der Waals surface area contributed by atoms with E-state index in [1.54, 1.807) is 24.4 Å². The topological polar surface area (TPSA) is 91.8 Å². The van der Waals surface area contributed by atoms with Crippen molar-refractivity contribution in [2.24, 2.45) is 0 Å². The molecule has 2 aromatic carbocycles. The van der Waals surface area contributed by atoms with E-state index in [1.165, 1.54) is 35.6 Å². The number of thiazole rings is 1. The molecule has 0 atom stereocenters. The van der Waals surface area contributed by atoms with Crippen LogP contribution in [0.3, 0.4) is 0 Å². The highest BCUT2D eigenvalue weighted by Gasteiger charge is 2.12. The van der Waals surface area contributed by atoms with E-state index in [2.05, 4.69) is 30.9 Å². The Morgan fingerprint density at radius 1 is 1.03 bits per heavy atom. The van der Waals surface area contributed by atoms with Crippen LogP contribution in [0.1, 0.15) is 16.1 Å². The van der Waals surface area contributed by atoms with Gasteiger partial charge in [-0.3, -0.25) is 4.79 Å². The molecule has 0 aliphatic carbocycles. The van der Waals surface area contributed by atoms with Gasteiger partial charge in [-0.25, -0.2) is 19.3 Å². The zero-order valence-electron chi connectivity index (χ0n) is 16.8. The maximum atomic E-state index is 13.1. The molecular weight excluding hydrogens is 415 g/mol. The van der Waals surface area contributed by atoms with Crippen molar-refractivity contribution in [1.82, 2.24) is 15.0 Å². The molecule has 0 spiro atoms. The molecule has 0 bridgehead atoms. The highest BCUT2D eigenvalue weighted by molar-refractivity contribution is 7.19. The Bertz CT molecular complexity index is 1220. The van der Waals surface area contributed by atoms with Gasteiger partial charge >= 0.3 is 0 Å². The van der Waals surface area contributed by atoms with E-state index in [-0.39, 0.29) is 11.7 Å². The van der Waals surface area contributed by atoms with Crippen LogP contribution in [0, 0.1) is 12.7 Å². The largest absolute Gasteiger partial charge is 0.365 e. The summed E-state index contributed by atoms with van der Waals surface area (Å²) in [6, 6.07) is 14.4. The molecule has 4 aromatic rings. The molecule has 0 aliphatic rings. The second-order valence-electron chi connectivity index (χ2n) is 6.62. The van der Waals surface area contributed by atoms with Crippen molar-refractivity contribution in [2.45, 2.75) is 6.92 Å². The van der Waals surface area contributed by atoms with Gasteiger partial charge in [-0.2, -0.15) is 0 Å². The van der Waals surface area contributed by atoms with Gasteiger partial charge in [0.05, 0.1) is 16.3 Å². The fourth-order valence-electron chi connectivity index (χ4n) is 2.89. The van der Waals surface area contributed by atoms with Gasteiger partial charge in [0.2, 0.25) is 5.95 Å². The van der Waals surface area contributed by atoms with E-state index < -0.39 is 0 Å². The van der Waals surface area contributed by atoms with Crippen molar-refractivity contribution < 1.29 is 9.18 Å². The number of benzene rings is 2. The van der Waals surface area contributed by atoms with E-state index in [1.807, 2.05) is 26.1 Å². The first-order valence-electron chi connectivity index (χ1n) is 9.44. The third-order valence-corrected chi connectivity index (χ3v) is 5.58. The van der Waals surface area contributed by atoms with E-state index in [0.29, 0.717) is 22.9 Å². The number of aromatic nitrogens is 3. The Morgan fingerprint density at radius 2 is 1.81 bits per heavy atom. The normalized spacial score (nSPS) is 10.5. The van der Waals surface area contributed by atoms with Gasteiger partial charge in [-0.05, 0) is 55.5 Å². The number of hydrogen-bond acceptors (Lipinski definition) is 7. The van der Waals surface area contributed by atoms with Gasteiger partial charge in [0.25, 0.3) is 5.91 Å². The molecule has 0 radical (unpaired) electrons. The summed E-state index contributed by atoms with van der Waals surface area (Å²) < 4.78 is 13.1. The van der Waals surface area contributed by atoms with Crippen LogP contribution in [0.15, 0.2) is 60.8 Å². The molecule has 0 fully saturated rings. The molecule has 31 heavy (non-hydrogen) atoms. The van der Waals surface area contributed by atoms with Gasteiger partial charge in [0, 0.05) is 30.2 Å². The van der Waals surface area contributed by atoms with Crippen LogP contribution in [0.2, 0.25) is 0 Å². The number of nitrogens with zero attached hydrogens (tertiary/aromatic N) is 3. The first-order chi connectivity index (χ1) is 15.0. The summed E-state index contributed by atoms with van der Waals surface area (Å²) in [4.78, 5) is 26.7. The zero-order valence-corrected chi connectivity index (χ0v) is 17.6. The molecule has 156 valence electrons. The molecule has 2 aromatic heterocycles. The molecule has 3 N–H and O–H groups in total. The van der Waals surface area contributed by atoms with Crippen LogP contribution in [0.25, 0.3) is 10.6 Å². The first-order valence-corrected chi connectivity index (χ1v) is 10.3. The number of rotatable bonds is 6. The van der Waals surface area contributed by atoms with Crippen LogP contribution in [-0.4, -0.2) is 27.9 Å². The smallest absolute Gasteiger partial charge is 0.255 e. The van der Waals surface area contributed by atoms with Crippen LogP contribution >= 0.6 is 11.3 Å². The SMILES string of the molecule is CNc1nc(C)c(-c2ccnc(Nc3cccc(NC(=O)c4ccc(F)cc4)c3)n2)s1. The van der Waals surface area contributed by atoms with Crippen molar-refractivity contribution in [2.75, 3.05) is 23.0 Å². The Morgan fingerprint density at radius 3 is 2.55 bits per heavy atom. The van der Waals surface area contributed by atoms with Gasteiger partial charge in [-0.1, -0.05) is 17.4 Å². The number of nitrogens with one attached hydrogen (secondary N) is 3. The standard InChI is InChI=1S/C22H19FN6OS/c1-13-19(31-22(24-2)26-13)18-10-11-25-21(29-18)28-17-5-3-4-16(12-17)27-20(30)14-6-8-15(23)9-7-14/h3-12H,1-2H3,(H,24,26)(H,27,30)(H,25,28,29). The predicted molar refractivity (Wildman–Crippen MR) is 122 cm³/mol. The molecule has 4 rings (SSSR count). The fraction of sp³-hybridized carbons (Fsp3) is 0.0909. The lowest BCUT2D eigenvalue weighted by atomic mass is 10.2. The first kappa shape index (κ1) is 20.4. The summed E-state index contributed by atoms with van der Waals surface area (Å²) in [5.41, 5.74) is 3.34. The predicted octanol–water partition coefficient (Wildman–Crippen LogP) is 5.09. The number of carbonyl (C=O) groups is 1. The minimum atomic E-state index is -0.388. The zero-order chi connectivity index (χ0) is 21.8. The quantitative estimate of drug-likeness (QED) is 0.392. The van der Waals surface area contributed by atoms with Gasteiger partial charge < -0.3 is 16.0 Å². The maximum absolute atomic E-state index is 13.1. The second kappa shape index (κ2) is 8.88. The minimum Gasteiger partial charge on any atom is -0.365 e. The summed E-state index contributed by atoms with van der Waals surface area (Å²) >= 11 is 1.52. The monoisotopic (exact) mass is 434 g/mol. The van der Waals surface area contributed by atoms with Crippen LogP contribution in [0.4, 0.5) is 26.8 Å². The summed E-state index contributed by atoms with van der Waals surface area (Å²) in [5.74, 6) is -0.282. The second-order valence-corrected chi connectivity index (χ2v) is 7.61. The molecule has 2 heterocycles. The summed E-state index contributed by atoms with van der Waals surface area (Å²) in [7, 11) is 1.83. The molecule has 7 nitrogen and oxygen atoms in total. The fourth-order valence-corrected chi connectivity index (χ4v) is 3.78. The van der Waals surface area contributed by atoms with E-state index in [9.17, 15) is 9.18 Å². The molecule has 1 amide bonds. The average molecular weight is 435 g/mol. The summed E-state index contributed by atoms with van der Waals surface area (Å²) in [5, 5.41) is 9.83. The Hall–Kier alpha value is -3.85. The Labute approximate surface area is 182 Å².